The van der Waals surface area contributed by atoms with Crippen molar-refractivity contribution in [3.8, 4) is 11.1 Å². The summed E-state index contributed by atoms with van der Waals surface area (Å²) in [6.45, 7) is 6.22. The molecule has 2 aliphatic carbocycles. The molecule has 0 saturated heterocycles. The zero-order chi connectivity index (χ0) is 25.2. The molecule has 0 heterocycles. The van der Waals surface area contributed by atoms with E-state index in [4.69, 9.17) is 4.74 Å². The van der Waals surface area contributed by atoms with Crippen LogP contribution in [-0.2, 0) is 14.3 Å². The van der Waals surface area contributed by atoms with Gasteiger partial charge in [-0.15, -0.1) is 0 Å². The van der Waals surface area contributed by atoms with Gasteiger partial charge in [0.2, 0.25) is 5.91 Å². The van der Waals surface area contributed by atoms with Crippen LogP contribution >= 0.6 is 0 Å². The Morgan fingerprint density at radius 3 is 2.11 bits per heavy atom. The fourth-order valence-electron chi connectivity index (χ4n) is 4.94. The van der Waals surface area contributed by atoms with E-state index in [1.54, 1.807) is 0 Å². The molecule has 186 valence electrons. The summed E-state index contributed by atoms with van der Waals surface area (Å²) >= 11 is 0. The van der Waals surface area contributed by atoms with E-state index >= 15 is 0 Å². The van der Waals surface area contributed by atoms with E-state index in [0.717, 1.165) is 11.1 Å². The van der Waals surface area contributed by atoms with Crippen molar-refractivity contribution in [3.05, 3.63) is 59.7 Å². The number of nitrogens with one attached hydrogen (secondary N) is 2. The first-order chi connectivity index (χ1) is 16.6. The number of ether oxygens (including phenoxy) is 1. The fourth-order valence-corrected chi connectivity index (χ4v) is 4.94. The highest BCUT2D eigenvalue weighted by molar-refractivity contribution is 5.81. The Labute approximate surface area is 206 Å². The van der Waals surface area contributed by atoms with Crippen LogP contribution in [-0.4, -0.2) is 41.8 Å². The highest BCUT2D eigenvalue weighted by Gasteiger charge is 2.46. The zero-order valence-electron chi connectivity index (χ0n) is 20.6. The van der Waals surface area contributed by atoms with Crippen molar-refractivity contribution in [2.75, 3.05) is 13.2 Å². The number of carbonyl (C=O) groups excluding carboxylic acids is 2. The highest BCUT2D eigenvalue weighted by atomic mass is 16.5. The number of carboxylic acids is 1. The van der Waals surface area contributed by atoms with Crippen LogP contribution in [0.2, 0.25) is 0 Å². The molecule has 3 N–H and O–H groups in total. The molecule has 7 heteroatoms. The molecule has 0 bridgehead atoms. The molecule has 1 atom stereocenters. The van der Waals surface area contributed by atoms with Crippen LogP contribution in [0.15, 0.2) is 48.5 Å². The molecule has 2 amide bonds. The molecular formula is C28H34N2O5. The average Bonchev–Trinajstić information content (AvgIpc) is 3.46. The van der Waals surface area contributed by atoms with Gasteiger partial charge in [0.25, 0.3) is 0 Å². The van der Waals surface area contributed by atoms with E-state index in [1.165, 1.54) is 11.1 Å². The molecule has 0 radical (unpaired) electrons. The maximum absolute atomic E-state index is 12.6. The van der Waals surface area contributed by atoms with Crippen molar-refractivity contribution >= 4 is 18.0 Å². The molecule has 4 rings (SSSR count). The summed E-state index contributed by atoms with van der Waals surface area (Å²) in [5, 5.41) is 15.1. The first-order valence-electron chi connectivity index (χ1n) is 12.2. The highest BCUT2D eigenvalue weighted by Crippen LogP contribution is 2.44. The third-order valence-electron chi connectivity index (χ3n) is 6.82. The summed E-state index contributed by atoms with van der Waals surface area (Å²) < 4.78 is 5.62. The number of alkyl carbamates (subject to hydrolysis) is 1. The molecule has 2 aromatic rings. The number of benzene rings is 2. The van der Waals surface area contributed by atoms with Crippen LogP contribution < -0.4 is 10.6 Å². The third-order valence-corrected chi connectivity index (χ3v) is 6.82. The normalized spacial score (nSPS) is 16.5. The lowest BCUT2D eigenvalue weighted by Crippen LogP contribution is -2.43. The largest absolute Gasteiger partial charge is 0.481 e. The van der Waals surface area contributed by atoms with Gasteiger partial charge in [0, 0.05) is 18.9 Å². The number of rotatable bonds is 9. The van der Waals surface area contributed by atoms with Crippen LogP contribution in [0.1, 0.15) is 63.5 Å². The van der Waals surface area contributed by atoms with E-state index in [-0.39, 0.29) is 36.8 Å². The predicted octanol–water partition coefficient (Wildman–Crippen LogP) is 4.70. The van der Waals surface area contributed by atoms with Gasteiger partial charge in [-0.25, -0.2) is 4.79 Å². The molecule has 2 aliphatic rings. The average molecular weight is 479 g/mol. The third kappa shape index (κ3) is 6.02. The molecule has 0 aliphatic heterocycles. The molecule has 1 unspecified atom stereocenters. The van der Waals surface area contributed by atoms with Crippen molar-refractivity contribution in [1.82, 2.24) is 10.6 Å². The molecular weight excluding hydrogens is 444 g/mol. The molecule has 1 fully saturated rings. The quantitative estimate of drug-likeness (QED) is 0.485. The van der Waals surface area contributed by atoms with Crippen LogP contribution in [0.3, 0.4) is 0 Å². The van der Waals surface area contributed by atoms with Gasteiger partial charge >= 0.3 is 12.1 Å². The molecule has 1 saturated carbocycles. The summed E-state index contributed by atoms with van der Waals surface area (Å²) in [5.41, 5.74) is 3.85. The van der Waals surface area contributed by atoms with Crippen molar-refractivity contribution in [3.63, 3.8) is 0 Å². The summed E-state index contributed by atoms with van der Waals surface area (Å²) in [7, 11) is 0. The van der Waals surface area contributed by atoms with Gasteiger partial charge in [-0.3, -0.25) is 9.59 Å². The molecule has 35 heavy (non-hydrogen) atoms. The predicted molar refractivity (Wildman–Crippen MR) is 133 cm³/mol. The van der Waals surface area contributed by atoms with Gasteiger partial charge in [0.15, 0.2) is 0 Å². The Balaban J connectivity index is 1.29. The number of carbonyl (C=O) groups is 3. The van der Waals surface area contributed by atoms with E-state index in [0.29, 0.717) is 19.3 Å². The fraction of sp³-hybridized carbons (Fsp3) is 0.464. The Hall–Kier alpha value is -3.35. The summed E-state index contributed by atoms with van der Waals surface area (Å²) in [6, 6.07) is 16.3. The summed E-state index contributed by atoms with van der Waals surface area (Å²) in [6.07, 6.45) is 1.42. The van der Waals surface area contributed by atoms with Crippen molar-refractivity contribution in [1.29, 1.82) is 0 Å². The van der Waals surface area contributed by atoms with Crippen molar-refractivity contribution < 1.29 is 24.2 Å². The number of fused-ring (bicyclic) bond motifs is 3. The molecule has 2 aromatic carbocycles. The number of hydrogen-bond acceptors (Lipinski definition) is 4. The number of hydrogen-bond donors (Lipinski definition) is 3. The lowest BCUT2D eigenvalue weighted by molar-refractivity contribution is -0.142. The Morgan fingerprint density at radius 1 is 1.03 bits per heavy atom. The van der Waals surface area contributed by atoms with Gasteiger partial charge in [-0.05, 0) is 46.9 Å². The smallest absolute Gasteiger partial charge is 0.407 e. The zero-order valence-corrected chi connectivity index (χ0v) is 20.6. The van der Waals surface area contributed by atoms with Crippen LogP contribution in [0.5, 0.6) is 0 Å². The minimum absolute atomic E-state index is 0.0256. The minimum Gasteiger partial charge on any atom is -0.481 e. The van der Waals surface area contributed by atoms with Gasteiger partial charge in [-0.1, -0.05) is 69.3 Å². The van der Waals surface area contributed by atoms with E-state index in [2.05, 4.69) is 34.9 Å². The first-order valence-corrected chi connectivity index (χ1v) is 12.2. The topological polar surface area (TPSA) is 105 Å². The Kier molecular flexibility index (Phi) is 6.88. The second kappa shape index (κ2) is 9.72. The maximum Gasteiger partial charge on any atom is 0.407 e. The SMILES string of the molecule is CC(C)(C)CC(CNC(=O)CC1(NC(=O)OCC2c3ccccc3-c3ccccc32)CC1)C(=O)O. The number of amides is 2. The lowest BCUT2D eigenvalue weighted by Gasteiger charge is -2.24. The van der Waals surface area contributed by atoms with Crippen LogP contribution in [0.25, 0.3) is 11.1 Å². The summed E-state index contributed by atoms with van der Waals surface area (Å²) in [4.78, 5) is 36.7. The first kappa shape index (κ1) is 24.8. The second-order valence-corrected chi connectivity index (χ2v) is 11.0. The van der Waals surface area contributed by atoms with E-state index in [9.17, 15) is 19.5 Å². The summed E-state index contributed by atoms with van der Waals surface area (Å²) in [5.74, 6) is -1.86. The van der Waals surface area contributed by atoms with Gasteiger partial charge in [0.1, 0.15) is 6.61 Å². The Bertz CT molecular complexity index is 1070. The lowest BCUT2D eigenvalue weighted by atomic mass is 9.84. The number of carboxylic acid groups (broad SMARTS) is 1. The monoisotopic (exact) mass is 478 g/mol. The van der Waals surface area contributed by atoms with E-state index < -0.39 is 23.5 Å². The van der Waals surface area contributed by atoms with E-state index in [1.807, 2.05) is 45.0 Å². The van der Waals surface area contributed by atoms with Crippen LogP contribution in [0, 0.1) is 11.3 Å². The maximum atomic E-state index is 12.6. The molecule has 7 nitrogen and oxygen atoms in total. The molecule has 0 aromatic heterocycles. The minimum atomic E-state index is -0.918. The van der Waals surface area contributed by atoms with Gasteiger partial charge in [-0.2, -0.15) is 0 Å². The van der Waals surface area contributed by atoms with Gasteiger partial charge < -0.3 is 20.5 Å². The standard InChI is InChI=1S/C28H34N2O5/c1-27(2,3)14-18(25(32)33)16-29-24(31)15-28(12-13-28)30-26(34)35-17-23-21-10-6-4-8-19(21)20-9-5-7-11-22(20)23/h4-11,18,23H,12-17H2,1-3H3,(H,29,31)(H,30,34)(H,32,33). The van der Waals surface area contributed by atoms with Crippen LogP contribution in [0.4, 0.5) is 4.79 Å². The number of aliphatic carboxylic acids is 1. The van der Waals surface area contributed by atoms with Crippen molar-refractivity contribution in [2.24, 2.45) is 11.3 Å². The second-order valence-electron chi connectivity index (χ2n) is 11.0. The van der Waals surface area contributed by atoms with Crippen molar-refractivity contribution in [2.45, 2.75) is 57.9 Å². The van der Waals surface area contributed by atoms with Gasteiger partial charge in [0.05, 0.1) is 11.5 Å². The Morgan fingerprint density at radius 2 is 1.60 bits per heavy atom. The molecule has 0 spiro atoms.